The molecule has 2 heterocycles. The van der Waals surface area contributed by atoms with Crippen molar-refractivity contribution in [3.63, 3.8) is 0 Å². The Hall–Kier alpha value is -3.23. The largest absolute Gasteiger partial charge is 0.349 e. The Balaban J connectivity index is 1.62. The van der Waals surface area contributed by atoms with Crippen LogP contribution in [0.1, 0.15) is 31.0 Å². The van der Waals surface area contributed by atoms with Crippen LogP contribution in [0.15, 0.2) is 72.1 Å². The van der Waals surface area contributed by atoms with Gasteiger partial charge in [-0.05, 0) is 68.3 Å². The van der Waals surface area contributed by atoms with Gasteiger partial charge < -0.3 is 5.32 Å². The monoisotopic (exact) mass is 495 g/mol. The molecular formula is C25H23ClFN5OS. The lowest BCUT2D eigenvalue weighted by Gasteiger charge is -2.18. The highest BCUT2D eigenvalue weighted by molar-refractivity contribution is 8.00. The third kappa shape index (κ3) is 5.13. The Labute approximate surface area is 206 Å². The molecule has 6 nitrogen and oxygen atoms in total. The van der Waals surface area contributed by atoms with E-state index >= 15 is 0 Å². The number of halogens is 2. The number of rotatable bonds is 7. The Bertz CT molecular complexity index is 1300. The average molecular weight is 496 g/mol. The van der Waals surface area contributed by atoms with Gasteiger partial charge in [0.05, 0.1) is 17.0 Å². The zero-order chi connectivity index (χ0) is 24.2. The van der Waals surface area contributed by atoms with Crippen LogP contribution in [0.4, 0.5) is 4.39 Å². The molecule has 2 aromatic heterocycles. The van der Waals surface area contributed by atoms with E-state index < -0.39 is 5.25 Å². The summed E-state index contributed by atoms with van der Waals surface area (Å²) in [6.45, 7) is 5.61. The van der Waals surface area contributed by atoms with Crippen molar-refractivity contribution in [2.45, 2.75) is 37.2 Å². The Morgan fingerprint density at radius 1 is 1.06 bits per heavy atom. The summed E-state index contributed by atoms with van der Waals surface area (Å²) in [6, 6.07) is 15.2. The van der Waals surface area contributed by atoms with Gasteiger partial charge in [-0.15, -0.1) is 10.2 Å². The summed E-state index contributed by atoms with van der Waals surface area (Å²) in [5.41, 5.74) is 3.38. The molecule has 0 aliphatic rings. The van der Waals surface area contributed by atoms with Crippen LogP contribution >= 0.6 is 23.4 Å². The van der Waals surface area contributed by atoms with Gasteiger partial charge in [0, 0.05) is 23.0 Å². The van der Waals surface area contributed by atoms with Crippen molar-refractivity contribution < 1.29 is 9.18 Å². The van der Waals surface area contributed by atoms with Crippen LogP contribution in [-0.2, 0) is 4.79 Å². The Kier molecular flexibility index (Phi) is 7.29. The van der Waals surface area contributed by atoms with Crippen molar-refractivity contribution >= 4 is 29.3 Å². The molecular weight excluding hydrogens is 473 g/mol. The molecule has 0 spiro atoms. The number of carbonyl (C=O) groups is 1. The number of thioether (sulfide) groups is 1. The summed E-state index contributed by atoms with van der Waals surface area (Å²) < 4.78 is 15.1. The molecule has 2 unspecified atom stereocenters. The summed E-state index contributed by atoms with van der Waals surface area (Å²) in [5, 5.41) is 12.5. The highest BCUT2D eigenvalue weighted by atomic mass is 35.5. The molecule has 4 rings (SSSR count). The standard InChI is InChI=1S/C25H23ClFN5OS/c1-15-21(26)5-4-6-22(15)32-23(19-11-13-28-14-12-19)30-31-25(32)34-17(3)24(33)29-16(2)18-7-9-20(27)10-8-18/h4-14,16-17H,1-3H3,(H,29,33). The van der Waals surface area contributed by atoms with Gasteiger partial charge in [-0.1, -0.05) is 41.6 Å². The fraction of sp³-hybridized carbons (Fsp3) is 0.200. The average Bonchev–Trinajstić information content (AvgIpc) is 3.25. The zero-order valence-electron chi connectivity index (χ0n) is 18.9. The highest BCUT2D eigenvalue weighted by Crippen LogP contribution is 2.33. The molecule has 0 bridgehead atoms. The second-order valence-electron chi connectivity index (χ2n) is 7.80. The van der Waals surface area contributed by atoms with Gasteiger partial charge in [-0.25, -0.2) is 4.39 Å². The molecule has 0 saturated carbocycles. The van der Waals surface area contributed by atoms with Crippen LogP contribution in [0.2, 0.25) is 5.02 Å². The second kappa shape index (κ2) is 10.4. The van der Waals surface area contributed by atoms with Crippen molar-refractivity contribution in [3.8, 4) is 17.1 Å². The molecule has 0 fully saturated rings. The summed E-state index contributed by atoms with van der Waals surface area (Å²) in [6.07, 6.45) is 3.39. The Morgan fingerprint density at radius 2 is 1.76 bits per heavy atom. The number of carbonyl (C=O) groups excluding carboxylic acids is 1. The minimum Gasteiger partial charge on any atom is -0.349 e. The Morgan fingerprint density at radius 3 is 2.47 bits per heavy atom. The molecule has 9 heteroatoms. The number of benzene rings is 2. The fourth-order valence-corrected chi connectivity index (χ4v) is 4.51. The van der Waals surface area contributed by atoms with Gasteiger partial charge in [0.2, 0.25) is 5.91 Å². The lowest BCUT2D eigenvalue weighted by molar-refractivity contribution is -0.120. The number of hydrogen-bond acceptors (Lipinski definition) is 5. The first-order valence-electron chi connectivity index (χ1n) is 10.7. The molecule has 2 atom stereocenters. The molecule has 2 aromatic carbocycles. The first-order valence-corrected chi connectivity index (χ1v) is 11.9. The zero-order valence-corrected chi connectivity index (χ0v) is 20.4. The van der Waals surface area contributed by atoms with Gasteiger partial charge in [-0.2, -0.15) is 0 Å². The molecule has 1 N–H and O–H groups in total. The van der Waals surface area contributed by atoms with Gasteiger partial charge >= 0.3 is 0 Å². The van der Waals surface area contributed by atoms with Crippen molar-refractivity contribution in [1.82, 2.24) is 25.1 Å². The van der Waals surface area contributed by atoms with E-state index in [1.165, 1.54) is 23.9 Å². The van der Waals surface area contributed by atoms with Crippen molar-refractivity contribution in [2.24, 2.45) is 0 Å². The van der Waals surface area contributed by atoms with Crippen molar-refractivity contribution in [3.05, 3.63) is 89.0 Å². The van der Waals surface area contributed by atoms with Crippen LogP contribution in [0.5, 0.6) is 0 Å². The first kappa shape index (κ1) is 23.9. The SMILES string of the molecule is Cc1c(Cl)cccc1-n1c(SC(C)C(=O)NC(C)c2ccc(F)cc2)nnc1-c1ccncc1. The second-order valence-corrected chi connectivity index (χ2v) is 9.52. The number of nitrogens with one attached hydrogen (secondary N) is 1. The van der Waals surface area contributed by atoms with Crippen LogP contribution in [-0.4, -0.2) is 30.9 Å². The summed E-state index contributed by atoms with van der Waals surface area (Å²) >= 11 is 7.71. The van der Waals surface area contributed by atoms with E-state index in [9.17, 15) is 9.18 Å². The third-order valence-corrected chi connectivity index (χ3v) is 6.88. The maximum Gasteiger partial charge on any atom is 0.233 e. The molecule has 174 valence electrons. The topological polar surface area (TPSA) is 72.7 Å². The van der Waals surface area contributed by atoms with Crippen LogP contribution in [0, 0.1) is 12.7 Å². The number of nitrogens with zero attached hydrogens (tertiary/aromatic N) is 4. The number of amides is 1. The van der Waals surface area contributed by atoms with Crippen LogP contribution < -0.4 is 5.32 Å². The third-order valence-electron chi connectivity index (χ3n) is 5.43. The summed E-state index contributed by atoms with van der Waals surface area (Å²) in [4.78, 5) is 17.0. The van der Waals surface area contributed by atoms with E-state index in [0.717, 1.165) is 22.4 Å². The number of pyridine rings is 1. The predicted octanol–water partition coefficient (Wildman–Crippen LogP) is 5.79. The predicted molar refractivity (Wildman–Crippen MR) is 133 cm³/mol. The van der Waals surface area contributed by atoms with E-state index in [2.05, 4.69) is 20.5 Å². The summed E-state index contributed by atoms with van der Waals surface area (Å²) in [5.74, 6) is 0.152. The van der Waals surface area contributed by atoms with E-state index in [-0.39, 0.29) is 17.8 Å². The molecule has 4 aromatic rings. The van der Waals surface area contributed by atoms with Gasteiger partial charge in [-0.3, -0.25) is 14.3 Å². The molecule has 0 saturated heterocycles. The minimum atomic E-state index is -0.462. The highest BCUT2D eigenvalue weighted by Gasteiger charge is 2.24. The summed E-state index contributed by atoms with van der Waals surface area (Å²) in [7, 11) is 0. The van der Waals surface area contributed by atoms with Gasteiger partial charge in [0.25, 0.3) is 0 Å². The molecule has 34 heavy (non-hydrogen) atoms. The molecule has 1 amide bonds. The maximum absolute atomic E-state index is 13.2. The molecule has 0 radical (unpaired) electrons. The molecule has 0 aliphatic carbocycles. The van der Waals surface area contributed by atoms with Crippen molar-refractivity contribution in [2.75, 3.05) is 0 Å². The van der Waals surface area contributed by atoms with E-state index in [4.69, 9.17) is 11.6 Å². The van der Waals surface area contributed by atoms with Crippen LogP contribution in [0.3, 0.4) is 0 Å². The van der Waals surface area contributed by atoms with E-state index in [0.29, 0.717) is 16.0 Å². The maximum atomic E-state index is 13.2. The normalized spacial score (nSPS) is 12.9. The fourth-order valence-electron chi connectivity index (χ4n) is 3.47. The quantitative estimate of drug-likeness (QED) is 0.328. The smallest absolute Gasteiger partial charge is 0.233 e. The van der Waals surface area contributed by atoms with Gasteiger partial charge in [0.15, 0.2) is 11.0 Å². The van der Waals surface area contributed by atoms with E-state index in [1.807, 2.05) is 55.7 Å². The lowest BCUT2D eigenvalue weighted by Crippen LogP contribution is -2.33. The first-order chi connectivity index (χ1) is 16.3. The number of aromatic nitrogens is 4. The van der Waals surface area contributed by atoms with Crippen LogP contribution in [0.25, 0.3) is 17.1 Å². The lowest BCUT2D eigenvalue weighted by atomic mass is 10.1. The number of hydrogen-bond donors (Lipinski definition) is 1. The van der Waals surface area contributed by atoms with E-state index in [1.54, 1.807) is 24.5 Å². The van der Waals surface area contributed by atoms with Gasteiger partial charge in [0.1, 0.15) is 5.82 Å². The van der Waals surface area contributed by atoms with Crippen molar-refractivity contribution in [1.29, 1.82) is 0 Å². The minimum absolute atomic E-state index is 0.162. The molecule has 0 aliphatic heterocycles.